The Hall–Kier alpha value is -4.48. The summed E-state index contributed by atoms with van der Waals surface area (Å²) in [6.45, 7) is 12.6. The Kier molecular flexibility index (Phi) is 21.3. The topological polar surface area (TPSA) is 86.9 Å². The van der Waals surface area contributed by atoms with Gasteiger partial charge in [-0.25, -0.2) is 0 Å². The van der Waals surface area contributed by atoms with Gasteiger partial charge >= 0.3 is 452 Å². The molecule has 0 bridgehead atoms. The van der Waals surface area contributed by atoms with E-state index in [9.17, 15) is 0 Å². The number of aryl methyl sites for hydroxylation is 3. The van der Waals surface area contributed by atoms with Crippen LogP contribution >= 0.6 is 0 Å². The fraction of sp³-hybridized carbons (Fsp3) is 0.515. The van der Waals surface area contributed by atoms with Gasteiger partial charge in [0.05, 0.1) is 13.2 Å². The molecule has 10 rings (SSSR count). The van der Waals surface area contributed by atoms with E-state index in [1.165, 1.54) is 108 Å². The van der Waals surface area contributed by atoms with Crippen molar-refractivity contribution in [1.29, 1.82) is 0 Å². The molecule has 2 saturated heterocycles. The summed E-state index contributed by atoms with van der Waals surface area (Å²) in [5.74, 6) is 3.38. The van der Waals surface area contributed by atoms with Crippen LogP contribution in [0.2, 0.25) is 0 Å². The van der Waals surface area contributed by atoms with E-state index >= 15 is 0 Å². The van der Waals surface area contributed by atoms with Crippen LogP contribution in [-0.4, -0.2) is 101 Å². The van der Waals surface area contributed by atoms with Crippen LogP contribution in [0.1, 0.15) is 152 Å². The second kappa shape index (κ2) is 29.3. The van der Waals surface area contributed by atoms with Gasteiger partial charge in [-0.3, -0.25) is 0 Å². The Morgan fingerprint density at radius 3 is 1.27 bits per heavy atom. The van der Waals surface area contributed by atoms with Crippen molar-refractivity contribution in [1.82, 2.24) is 0 Å². The van der Waals surface area contributed by atoms with E-state index in [-0.39, 0.29) is 41.2 Å². The average molecular weight is 1190 g/mol. The van der Waals surface area contributed by atoms with Crippen LogP contribution in [0.4, 0.5) is 31.9 Å². The predicted octanol–water partition coefficient (Wildman–Crippen LogP) is 15.8. The van der Waals surface area contributed by atoms with E-state index in [2.05, 4.69) is 128 Å². The summed E-state index contributed by atoms with van der Waals surface area (Å²) < 4.78 is 55.0. The molecule has 78 heavy (non-hydrogen) atoms. The zero-order valence-electron chi connectivity index (χ0n) is 46.7. The monoisotopic (exact) mass is 1190 g/mol. The summed E-state index contributed by atoms with van der Waals surface area (Å²) in [6.07, 6.45) is 23.0. The zero-order valence-corrected chi connectivity index (χ0v) is 50.2. The molecule has 2 aromatic heterocycles. The molecule has 3 unspecified atom stereocenters. The summed E-state index contributed by atoms with van der Waals surface area (Å²) in [5, 5.41) is 0. The molecule has 10 nitrogen and oxygen atoms in total. The fourth-order valence-corrected chi connectivity index (χ4v) is 16.4. The molecule has 3 atom stereocenters. The van der Waals surface area contributed by atoms with Crippen LogP contribution in [0.5, 0.6) is 23.0 Å². The van der Waals surface area contributed by atoms with E-state index in [4.69, 9.17) is 37.9 Å². The minimum atomic E-state index is -0.224. The molecule has 12 heteroatoms. The van der Waals surface area contributed by atoms with Gasteiger partial charge in [0.1, 0.15) is 6.10 Å². The molecule has 0 spiro atoms. The molecule has 4 aliphatic rings. The number of ether oxygens (including phenoxy) is 8. The molecule has 0 amide bonds. The van der Waals surface area contributed by atoms with Gasteiger partial charge < -0.3 is 9.47 Å². The first-order chi connectivity index (χ1) is 38.6. The first-order valence-electron chi connectivity index (χ1n) is 29.8. The van der Waals surface area contributed by atoms with E-state index < -0.39 is 0 Å². The number of rotatable bonds is 34. The first-order valence-corrected chi connectivity index (χ1v) is 33.3. The van der Waals surface area contributed by atoms with Crippen molar-refractivity contribution >= 4 is 60.9 Å². The molecule has 0 radical (unpaired) electrons. The predicted molar refractivity (Wildman–Crippen MR) is 318 cm³/mol. The molecule has 418 valence electrons. The van der Waals surface area contributed by atoms with Crippen LogP contribution in [-0.2, 0) is 38.2 Å². The summed E-state index contributed by atoms with van der Waals surface area (Å²) >= 11 is -0.434. The third kappa shape index (κ3) is 15.3. The average Bonchev–Trinajstić information content (AvgIpc) is 4.54. The zero-order chi connectivity index (χ0) is 53.3. The van der Waals surface area contributed by atoms with Crippen LogP contribution in [0, 0.1) is 0 Å². The van der Waals surface area contributed by atoms with Crippen molar-refractivity contribution < 1.29 is 37.9 Å². The maximum absolute atomic E-state index is 6.80. The fourth-order valence-electron chi connectivity index (χ4n) is 10.6. The molecule has 0 N–H and O–H groups in total. The Balaban J connectivity index is 0.991. The molecular formula is C66H84N2O8Se2. The summed E-state index contributed by atoms with van der Waals surface area (Å²) in [7, 11) is 0. The van der Waals surface area contributed by atoms with E-state index in [1.54, 1.807) is 0 Å². The molecule has 6 heterocycles. The van der Waals surface area contributed by atoms with Crippen molar-refractivity contribution in [2.24, 2.45) is 0 Å². The molecular weight excluding hydrogens is 1110 g/mol. The van der Waals surface area contributed by atoms with Crippen molar-refractivity contribution in [3.63, 3.8) is 0 Å². The van der Waals surface area contributed by atoms with Crippen molar-refractivity contribution in [3.05, 3.63) is 119 Å². The SMILES string of the molecule is CCCCCCc1ccc(N(c2ccc(CCCCCCOCC3CO3)cc2)c2[se]c(-c3[se]c(N(c4ccc(CCCCCC)cc4)c4ccc(C(CCCCC)OCC5CO5)cc4)c4c3OCCO4)c3c2OCCO3)cc1. The van der Waals surface area contributed by atoms with Gasteiger partial charge in [-0.1, -0.05) is 0 Å². The molecule has 4 aromatic carbocycles. The van der Waals surface area contributed by atoms with Gasteiger partial charge in [-0.05, 0) is 0 Å². The Labute approximate surface area is 477 Å². The van der Waals surface area contributed by atoms with Gasteiger partial charge in [-0.2, -0.15) is 0 Å². The number of benzene rings is 4. The summed E-state index contributed by atoms with van der Waals surface area (Å²) in [4.78, 5) is 4.88. The number of hydrogen-bond donors (Lipinski definition) is 0. The van der Waals surface area contributed by atoms with Crippen molar-refractivity contribution in [3.8, 4) is 31.9 Å². The van der Waals surface area contributed by atoms with Crippen LogP contribution in [0.3, 0.4) is 0 Å². The van der Waals surface area contributed by atoms with Crippen LogP contribution < -0.4 is 28.7 Å². The van der Waals surface area contributed by atoms with Gasteiger partial charge in [0.25, 0.3) is 0 Å². The van der Waals surface area contributed by atoms with Crippen molar-refractivity contribution in [2.75, 3.05) is 69.3 Å². The normalized spacial score (nSPS) is 16.6. The Morgan fingerprint density at radius 2 is 0.833 bits per heavy atom. The number of hydrogen-bond acceptors (Lipinski definition) is 10. The summed E-state index contributed by atoms with van der Waals surface area (Å²) in [5.41, 5.74) is 9.77. The van der Waals surface area contributed by atoms with Gasteiger partial charge in [0, 0.05) is 0 Å². The van der Waals surface area contributed by atoms with E-state index in [0.717, 1.165) is 126 Å². The van der Waals surface area contributed by atoms with Crippen molar-refractivity contribution in [2.45, 2.75) is 161 Å². The Bertz CT molecular complexity index is 2730. The standard InChI is InChI=1S/C66H84N2O8Se2/c1-4-7-10-15-19-48-23-31-52(32-24-48)67(53-33-27-50(28-34-53)21-17-12-13-18-39-69-44-56-45-74-56)65-61-59(70-40-42-72-61)63(77-65)64-60-62(73-43-41-71-60)66(78-64)68(54-35-25-49(26-36-54)20-16-11-8-5-2)55-37-29-51(30-38-55)58(22-14-9-6-3)76-47-57-46-75-57/h23-38,56-58H,4-22,39-47H2,1-3H3. The second-order valence-corrected chi connectivity index (χ2v) is 25.7. The minimum absolute atomic E-state index is 0.0271. The molecule has 0 aliphatic carbocycles. The number of unbranched alkanes of at least 4 members (excludes halogenated alkanes) is 11. The summed E-state index contributed by atoms with van der Waals surface area (Å²) in [6, 6.07) is 36.9. The molecule has 4 aliphatic heterocycles. The van der Waals surface area contributed by atoms with Gasteiger partial charge in [0.2, 0.25) is 0 Å². The number of epoxide rings is 2. The molecule has 2 fully saturated rings. The third-order valence-corrected chi connectivity index (χ3v) is 20.8. The van der Waals surface area contributed by atoms with Crippen LogP contribution in [0.15, 0.2) is 97.1 Å². The van der Waals surface area contributed by atoms with Gasteiger partial charge in [0.15, 0.2) is 0 Å². The number of anilines is 6. The third-order valence-electron chi connectivity index (χ3n) is 15.3. The second-order valence-electron chi connectivity index (χ2n) is 21.5. The molecule has 0 saturated carbocycles. The Morgan fingerprint density at radius 1 is 0.449 bits per heavy atom. The van der Waals surface area contributed by atoms with Crippen LogP contribution in [0.25, 0.3) is 8.87 Å². The number of nitrogens with zero attached hydrogens (tertiary/aromatic N) is 2. The van der Waals surface area contributed by atoms with E-state index in [0.29, 0.717) is 39.1 Å². The first kappa shape index (κ1) is 56.8. The number of fused-ring (bicyclic) bond motifs is 2. The quantitative estimate of drug-likeness (QED) is 0.0221. The van der Waals surface area contributed by atoms with Gasteiger partial charge in [-0.15, -0.1) is 0 Å². The maximum atomic E-state index is 6.80. The molecule has 6 aromatic rings. The van der Waals surface area contributed by atoms with E-state index in [1.807, 2.05) is 0 Å².